The minimum absolute atomic E-state index is 0.178. The van der Waals surface area contributed by atoms with Crippen LogP contribution in [0.2, 0.25) is 0 Å². The van der Waals surface area contributed by atoms with Gasteiger partial charge >= 0.3 is 6.09 Å². The zero-order valence-corrected chi connectivity index (χ0v) is 19.5. The van der Waals surface area contributed by atoms with E-state index in [2.05, 4.69) is 10.3 Å². The summed E-state index contributed by atoms with van der Waals surface area (Å²) in [5.74, 6) is -0.728. The van der Waals surface area contributed by atoms with Crippen molar-refractivity contribution < 1.29 is 27.7 Å². The van der Waals surface area contributed by atoms with Crippen molar-refractivity contribution in [1.82, 2.24) is 9.88 Å². The highest BCUT2D eigenvalue weighted by Gasteiger charge is 2.28. The summed E-state index contributed by atoms with van der Waals surface area (Å²) < 4.78 is 29.1. The number of non-ortho nitro benzene ring substituents is 1. The van der Waals surface area contributed by atoms with Crippen LogP contribution in [0.1, 0.15) is 41.7 Å². The standard InChI is InChI=1S/C19H22N4O7S2/c1-19(2,3)30-18(25)22-6-5-14-15(10-22)31-17(20-14)21-16(24)11-7-12(23(26)27)9-13(8-11)32(4,28)29/h7-9H,5-6,10H2,1-4H3,(H,20,21,24). The van der Waals surface area contributed by atoms with E-state index in [1.165, 1.54) is 11.3 Å². The fourth-order valence-electron chi connectivity index (χ4n) is 2.93. The van der Waals surface area contributed by atoms with Crippen LogP contribution in [0.5, 0.6) is 0 Å². The summed E-state index contributed by atoms with van der Waals surface area (Å²) in [6.45, 7) is 6.05. The summed E-state index contributed by atoms with van der Waals surface area (Å²) in [6.07, 6.45) is 0.946. The van der Waals surface area contributed by atoms with Gasteiger partial charge in [-0.15, -0.1) is 0 Å². The van der Waals surface area contributed by atoms with Crippen molar-refractivity contribution in [3.05, 3.63) is 44.4 Å². The fraction of sp³-hybridized carbons (Fsp3) is 0.421. The zero-order valence-electron chi connectivity index (χ0n) is 17.9. The van der Waals surface area contributed by atoms with Crippen molar-refractivity contribution in [2.75, 3.05) is 18.1 Å². The van der Waals surface area contributed by atoms with Crippen molar-refractivity contribution in [1.29, 1.82) is 0 Å². The number of rotatable bonds is 4. The van der Waals surface area contributed by atoms with Gasteiger partial charge in [0.1, 0.15) is 5.60 Å². The van der Waals surface area contributed by atoms with Gasteiger partial charge in [0.15, 0.2) is 15.0 Å². The first-order chi connectivity index (χ1) is 14.7. The quantitative estimate of drug-likeness (QED) is 0.516. The number of nitrogens with zero attached hydrogens (tertiary/aromatic N) is 3. The molecule has 172 valence electrons. The Kier molecular flexibility index (Phi) is 6.24. The number of carbonyl (C=O) groups is 2. The zero-order chi connectivity index (χ0) is 23.8. The fourth-order valence-corrected chi connectivity index (χ4v) is 4.63. The number of amides is 2. The number of nitro groups is 1. The molecule has 32 heavy (non-hydrogen) atoms. The predicted octanol–water partition coefficient (Wildman–Crippen LogP) is 3.00. The first-order valence-corrected chi connectivity index (χ1v) is 12.2. The number of benzene rings is 1. The van der Waals surface area contributed by atoms with E-state index in [0.29, 0.717) is 13.0 Å². The van der Waals surface area contributed by atoms with Crippen LogP contribution in [0.4, 0.5) is 15.6 Å². The van der Waals surface area contributed by atoms with Crippen LogP contribution in [0.3, 0.4) is 0 Å². The minimum atomic E-state index is -3.76. The van der Waals surface area contributed by atoms with Crippen LogP contribution in [-0.2, 0) is 27.5 Å². The van der Waals surface area contributed by atoms with Crippen molar-refractivity contribution in [2.45, 2.75) is 44.2 Å². The summed E-state index contributed by atoms with van der Waals surface area (Å²) in [6, 6.07) is 2.98. The molecular formula is C19H22N4O7S2. The molecule has 13 heteroatoms. The van der Waals surface area contributed by atoms with Gasteiger partial charge in [-0.1, -0.05) is 11.3 Å². The number of sulfone groups is 1. The second kappa shape index (κ2) is 8.47. The molecule has 1 aromatic heterocycles. The molecular weight excluding hydrogens is 460 g/mol. The number of anilines is 1. The van der Waals surface area contributed by atoms with Gasteiger partial charge in [-0.3, -0.25) is 20.2 Å². The second-order valence-corrected chi connectivity index (χ2v) is 11.3. The smallest absolute Gasteiger partial charge is 0.410 e. The van der Waals surface area contributed by atoms with Crippen molar-refractivity contribution in [3.63, 3.8) is 0 Å². The van der Waals surface area contributed by atoms with E-state index in [9.17, 15) is 28.1 Å². The SMILES string of the molecule is CC(C)(C)OC(=O)N1CCc2nc(NC(=O)c3cc([N+](=O)[O-])cc(S(C)(=O)=O)c3)sc2C1. The summed E-state index contributed by atoms with van der Waals surface area (Å²) in [5.41, 5.74) is -0.568. The third kappa shape index (κ3) is 5.59. The lowest BCUT2D eigenvalue weighted by molar-refractivity contribution is -0.385. The molecule has 2 aromatic rings. The Morgan fingerprint density at radius 1 is 1.28 bits per heavy atom. The van der Waals surface area contributed by atoms with Crippen molar-refractivity contribution >= 4 is 44.0 Å². The Morgan fingerprint density at radius 2 is 1.97 bits per heavy atom. The van der Waals surface area contributed by atoms with Gasteiger partial charge in [0, 0.05) is 41.8 Å². The number of nitro benzene ring substituents is 1. The maximum Gasteiger partial charge on any atom is 0.410 e. The molecule has 3 rings (SSSR count). The first-order valence-electron chi connectivity index (χ1n) is 9.50. The van der Waals surface area contributed by atoms with Gasteiger partial charge in [-0.25, -0.2) is 18.2 Å². The number of nitrogens with one attached hydrogen (secondary N) is 1. The van der Waals surface area contributed by atoms with Crippen molar-refractivity contribution in [3.8, 4) is 0 Å². The Balaban J connectivity index is 1.79. The molecule has 0 spiro atoms. The van der Waals surface area contributed by atoms with Gasteiger partial charge in [-0.2, -0.15) is 0 Å². The Labute approximate surface area is 188 Å². The summed E-state index contributed by atoms with van der Waals surface area (Å²) >= 11 is 1.17. The number of hydrogen-bond acceptors (Lipinski definition) is 9. The molecule has 2 amide bonds. The van der Waals surface area contributed by atoms with Gasteiger partial charge < -0.3 is 9.64 Å². The monoisotopic (exact) mass is 482 g/mol. The average molecular weight is 483 g/mol. The number of fused-ring (bicyclic) bond motifs is 1. The number of thiazole rings is 1. The van der Waals surface area contributed by atoms with E-state index < -0.39 is 38.0 Å². The highest BCUT2D eigenvalue weighted by Crippen LogP contribution is 2.30. The molecule has 1 aliphatic heterocycles. The van der Waals surface area contributed by atoms with Crippen LogP contribution in [0, 0.1) is 10.1 Å². The van der Waals surface area contributed by atoms with E-state index in [1.807, 2.05) is 0 Å². The number of aromatic nitrogens is 1. The molecule has 0 atom stereocenters. The molecule has 11 nitrogen and oxygen atoms in total. The van der Waals surface area contributed by atoms with Crippen LogP contribution in [0.25, 0.3) is 0 Å². The van der Waals surface area contributed by atoms with Gasteiger partial charge in [0.2, 0.25) is 0 Å². The number of carbonyl (C=O) groups excluding carboxylic acids is 2. The van der Waals surface area contributed by atoms with Gasteiger partial charge in [-0.05, 0) is 26.8 Å². The van der Waals surface area contributed by atoms with Crippen LogP contribution >= 0.6 is 11.3 Å². The van der Waals surface area contributed by atoms with E-state index in [-0.39, 0.29) is 22.1 Å². The number of ether oxygens (including phenoxy) is 1. The molecule has 1 aromatic carbocycles. The van der Waals surface area contributed by atoms with E-state index in [0.717, 1.165) is 35.0 Å². The maximum atomic E-state index is 12.7. The highest BCUT2D eigenvalue weighted by molar-refractivity contribution is 7.90. The largest absolute Gasteiger partial charge is 0.444 e. The van der Waals surface area contributed by atoms with Crippen LogP contribution in [0.15, 0.2) is 23.1 Å². The minimum Gasteiger partial charge on any atom is -0.444 e. The van der Waals surface area contributed by atoms with E-state index in [1.54, 1.807) is 25.7 Å². The average Bonchev–Trinajstić information content (AvgIpc) is 3.06. The molecule has 0 saturated heterocycles. The lowest BCUT2D eigenvalue weighted by Crippen LogP contribution is -2.39. The Bertz CT molecular complexity index is 1200. The molecule has 1 N–H and O–H groups in total. The van der Waals surface area contributed by atoms with Crippen LogP contribution < -0.4 is 5.32 Å². The summed E-state index contributed by atoms with van der Waals surface area (Å²) in [5, 5.41) is 14.0. The molecule has 0 saturated carbocycles. The predicted molar refractivity (Wildman–Crippen MR) is 117 cm³/mol. The van der Waals surface area contributed by atoms with E-state index in [4.69, 9.17) is 4.74 Å². The molecule has 0 radical (unpaired) electrons. The van der Waals surface area contributed by atoms with Crippen LogP contribution in [-0.4, -0.2) is 53.6 Å². The van der Waals surface area contributed by atoms with E-state index >= 15 is 0 Å². The molecule has 0 fully saturated rings. The summed E-state index contributed by atoms with van der Waals surface area (Å²) in [7, 11) is -3.76. The Morgan fingerprint density at radius 3 is 2.56 bits per heavy atom. The molecule has 2 heterocycles. The molecule has 0 aliphatic carbocycles. The third-order valence-corrected chi connectivity index (χ3v) is 6.49. The number of hydrogen-bond donors (Lipinski definition) is 1. The van der Waals surface area contributed by atoms with Gasteiger partial charge in [0.05, 0.1) is 22.1 Å². The molecule has 1 aliphatic rings. The second-order valence-electron chi connectivity index (χ2n) is 8.24. The third-order valence-electron chi connectivity index (χ3n) is 4.40. The van der Waals surface area contributed by atoms with Crippen molar-refractivity contribution in [2.24, 2.45) is 0 Å². The Hall–Kier alpha value is -3.06. The topological polar surface area (TPSA) is 149 Å². The highest BCUT2D eigenvalue weighted by atomic mass is 32.2. The lowest BCUT2D eigenvalue weighted by Gasteiger charge is -2.29. The molecule has 0 unspecified atom stereocenters. The lowest BCUT2D eigenvalue weighted by atomic mass is 10.2. The first kappa shape index (κ1) is 23.6. The summed E-state index contributed by atoms with van der Waals surface area (Å²) in [4.78, 5) is 41.7. The maximum absolute atomic E-state index is 12.7. The normalized spacial score (nSPS) is 13.9. The molecule has 0 bridgehead atoms. The van der Waals surface area contributed by atoms with Gasteiger partial charge in [0.25, 0.3) is 11.6 Å².